The van der Waals surface area contributed by atoms with Gasteiger partial charge in [0.25, 0.3) is 0 Å². The van der Waals surface area contributed by atoms with Gasteiger partial charge >= 0.3 is 0 Å². The SMILES string of the molecule is c1ccc2c(c1)CC1CCNCCC21. The molecule has 1 aromatic rings. The van der Waals surface area contributed by atoms with E-state index < -0.39 is 0 Å². The average Bonchev–Trinajstić information content (AvgIpc) is 2.42. The zero-order valence-electron chi connectivity index (χ0n) is 8.50. The van der Waals surface area contributed by atoms with E-state index in [4.69, 9.17) is 0 Å². The van der Waals surface area contributed by atoms with E-state index in [1.165, 1.54) is 32.4 Å². The summed E-state index contributed by atoms with van der Waals surface area (Å²) in [5.74, 6) is 1.77. The second kappa shape index (κ2) is 3.39. The van der Waals surface area contributed by atoms with E-state index in [0.717, 1.165) is 11.8 Å². The molecule has 2 aliphatic rings. The molecule has 0 radical (unpaired) electrons. The maximum Gasteiger partial charge on any atom is -0.00430 e. The third-order valence-corrected chi connectivity index (χ3v) is 3.83. The summed E-state index contributed by atoms with van der Waals surface area (Å²) in [5, 5.41) is 3.51. The molecule has 14 heavy (non-hydrogen) atoms. The third-order valence-electron chi connectivity index (χ3n) is 3.83. The second-order valence-corrected chi connectivity index (χ2v) is 4.60. The van der Waals surface area contributed by atoms with E-state index in [1.807, 2.05) is 0 Å². The highest BCUT2D eigenvalue weighted by Crippen LogP contribution is 2.42. The molecule has 1 nitrogen and oxygen atoms in total. The number of fused-ring (bicyclic) bond motifs is 3. The van der Waals surface area contributed by atoms with Crippen molar-refractivity contribution in [3.8, 4) is 0 Å². The minimum absolute atomic E-state index is 0.848. The Kier molecular flexibility index (Phi) is 2.06. The van der Waals surface area contributed by atoms with Crippen LogP contribution in [0.3, 0.4) is 0 Å². The van der Waals surface area contributed by atoms with Crippen LogP contribution in [0, 0.1) is 5.92 Å². The minimum atomic E-state index is 0.848. The van der Waals surface area contributed by atoms with E-state index in [-0.39, 0.29) is 0 Å². The first kappa shape index (κ1) is 8.49. The molecule has 0 bridgehead atoms. The van der Waals surface area contributed by atoms with Gasteiger partial charge < -0.3 is 5.32 Å². The van der Waals surface area contributed by atoms with E-state index in [1.54, 1.807) is 11.1 Å². The second-order valence-electron chi connectivity index (χ2n) is 4.60. The van der Waals surface area contributed by atoms with Gasteiger partial charge in [-0.3, -0.25) is 0 Å². The van der Waals surface area contributed by atoms with Gasteiger partial charge in [0.1, 0.15) is 0 Å². The van der Waals surface area contributed by atoms with Crippen LogP contribution in [0.2, 0.25) is 0 Å². The summed E-state index contributed by atoms with van der Waals surface area (Å²) in [6.45, 7) is 2.42. The van der Waals surface area contributed by atoms with Gasteiger partial charge in [-0.05, 0) is 55.3 Å². The minimum Gasteiger partial charge on any atom is -0.317 e. The highest BCUT2D eigenvalue weighted by atomic mass is 14.9. The number of hydrogen-bond acceptors (Lipinski definition) is 1. The van der Waals surface area contributed by atoms with Crippen LogP contribution in [-0.4, -0.2) is 13.1 Å². The Morgan fingerprint density at radius 1 is 1.07 bits per heavy atom. The van der Waals surface area contributed by atoms with Crippen LogP contribution in [0.15, 0.2) is 24.3 Å². The summed E-state index contributed by atoms with van der Waals surface area (Å²) >= 11 is 0. The smallest absolute Gasteiger partial charge is 0.00430 e. The van der Waals surface area contributed by atoms with Gasteiger partial charge in [-0.2, -0.15) is 0 Å². The number of hydrogen-bond donors (Lipinski definition) is 1. The summed E-state index contributed by atoms with van der Waals surface area (Å²) in [7, 11) is 0. The van der Waals surface area contributed by atoms with Gasteiger partial charge in [-0.25, -0.2) is 0 Å². The fraction of sp³-hybridized carbons (Fsp3) is 0.538. The van der Waals surface area contributed by atoms with Crippen LogP contribution in [0.4, 0.5) is 0 Å². The predicted molar refractivity (Wildman–Crippen MR) is 58.5 cm³/mol. The van der Waals surface area contributed by atoms with Crippen molar-refractivity contribution in [2.24, 2.45) is 5.92 Å². The molecule has 1 saturated heterocycles. The Morgan fingerprint density at radius 3 is 2.93 bits per heavy atom. The summed E-state index contributed by atoms with van der Waals surface area (Å²) in [6, 6.07) is 9.03. The molecule has 1 heteroatoms. The molecular formula is C13H17N. The van der Waals surface area contributed by atoms with Crippen LogP contribution in [0.5, 0.6) is 0 Å². The van der Waals surface area contributed by atoms with E-state index in [0.29, 0.717) is 0 Å². The standard InChI is InChI=1S/C13H17N/c1-2-4-12-10(3-1)9-11-5-7-14-8-6-13(11)12/h1-4,11,13-14H,5-9H2. The molecule has 0 aromatic heterocycles. The lowest BCUT2D eigenvalue weighted by molar-refractivity contribution is 0.444. The lowest BCUT2D eigenvalue weighted by Gasteiger charge is -2.15. The highest BCUT2D eigenvalue weighted by molar-refractivity contribution is 5.36. The quantitative estimate of drug-likeness (QED) is 0.657. The van der Waals surface area contributed by atoms with Gasteiger partial charge in [0.05, 0.1) is 0 Å². The molecule has 1 fully saturated rings. The maximum absolute atomic E-state index is 3.51. The molecule has 0 spiro atoms. The molecule has 1 aliphatic carbocycles. The lowest BCUT2D eigenvalue weighted by atomic mass is 9.88. The molecule has 3 rings (SSSR count). The Balaban J connectivity index is 1.96. The van der Waals surface area contributed by atoms with E-state index >= 15 is 0 Å². The number of benzene rings is 1. The topological polar surface area (TPSA) is 12.0 Å². The first-order valence-electron chi connectivity index (χ1n) is 5.73. The van der Waals surface area contributed by atoms with Crippen molar-refractivity contribution in [2.75, 3.05) is 13.1 Å². The molecule has 74 valence electrons. The van der Waals surface area contributed by atoms with Gasteiger partial charge in [0.2, 0.25) is 0 Å². The Morgan fingerprint density at radius 2 is 1.93 bits per heavy atom. The summed E-state index contributed by atoms with van der Waals surface area (Å²) in [6.07, 6.45) is 4.02. The van der Waals surface area contributed by atoms with Crippen LogP contribution in [0.1, 0.15) is 29.9 Å². The van der Waals surface area contributed by atoms with Crippen molar-refractivity contribution < 1.29 is 0 Å². The Labute approximate surface area is 85.5 Å². The maximum atomic E-state index is 3.51. The first-order chi connectivity index (χ1) is 6.95. The van der Waals surface area contributed by atoms with Crippen molar-refractivity contribution in [1.82, 2.24) is 5.32 Å². The molecule has 0 saturated carbocycles. The van der Waals surface area contributed by atoms with Crippen molar-refractivity contribution in [3.63, 3.8) is 0 Å². The van der Waals surface area contributed by atoms with Gasteiger partial charge in [0, 0.05) is 0 Å². The zero-order chi connectivity index (χ0) is 9.38. The average molecular weight is 187 g/mol. The fourth-order valence-corrected chi connectivity index (χ4v) is 3.12. The summed E-state index contributed by atoms with van der Waals surface area (Å²) in [4.78, 5) is 0. The van der Waals surface area contributed by atoms with E-state index in [2.05, 4.69) is 29.6 Å². The molecule has 0 amide bonds. The summed E-state index contributed by atoms with van der Waals surface area (Å²) < 4.78 is 0. The highest BCUT2D eigenvalue weighted by Gasteiger charge is 2.32. The summed E-state index contributed by atoms with van der Waals surface area (Å²) in [5.41, 5.74) is 3.26. The molecule has 1 aromatic carbocycles. The lowest BCUT2D eigenvalue weighted by Crippen LogP contribution is -2.14. The van der Waals surface area contributed by atoms with Crippen molar-refractivity contribution in [1.29, 1.82) is 0 Å². The fourth-order valence-electron chi connectivity index (χ4n) is 3.12. The molecule has 2 atom stereocenters. The van der Waals surface area contributed by atoms with Gasteiger partial charge in [-0.1, -0.05) is 24.3 Å². The van der Waals surface area contributed by atoms with Crippen LogP contribution < -0.4 is 5.32 Å². The van der Waals surface area contributed by atoms with Crippen LogP contribution in [0.25, 0.3) is 0 Å². The number of nitrogens with one attached hydrogen (secondary N) is 1. The molecule has 1 N–H and O–H groups in total. The Hall–Kier alpha value is -0.820. The van der Waals surface area contributed by atoms with Gasteiger partial charge in [0.15, 0.2) is 0 Å². The molecule has 1 heterocycles. The van der Waals surface area contributed by atoms with Crippen molar-refractivity contribution in [2.45, 2.75) is 25.2 Å². The Bertz CT molecular complexity index is 332. The van der Waals surface area contributed by atoms with Crippen LogP contribution >= 0.6 is 0 Å². The predicted octanol–water partition coefficient (Wildman–Crippen LogP) is 2.33. The van der Waals surface area contributed by atoms with Gasteiger partial charge in [-0.15, -0.1) is 0 Å². The van der Waals surface area contributed by atoms with Crippen LogP contribution in [-0.2, 0) is 6.42 Å². The molecular weight excluding hydrogens is 170 g/mol. The zero-order valence-corrected chi connectivity index (χ0v) is 8.50. The van der Waals surface area contributed by atoms with Crippen molar-refractivity contribution >= 4 is 0 Å². The third kappa shape index (κ3) is 1.27. The van der Waals surface area contributed by atoms with Crippen molar-refractivity contribution in [3.05, 3.63) is 35.4 Å². The first-order valence-corrected chi connectivity index (χ1v) is 5.73. The molecule has 2 unspecified atom stereocenters. The monoisotopic (exact) mass is 187 g/mol. The normalized spacial score (nSPS) is 30.6. The number of rotatable bonds is 0. The molecule has 1 aliphatic heterocycles. The largest absolute Gasteiger partial charge is 0.317 e. The van der Waals surface area contributed by atoms with E-state index in [9.17, 15) is 0 Å².